The summed E-state index contributed by atoms with van der Waals surface area (Å²) in [5.41, 5.74) is 1.43. The molecule has 3 aromatic carbocycles. The van der Waals surface area contributed by atoms with Gasteiger partial charge in [-0.3, -0.25) is 19.3 Å². The van der Waals surface area contributed by atoms with Crippen LogP contribution in [-0.4, -0.2) is 39.1 Å². The average Bonchev–Trinajstić information content (AvgIpc) is 3.36. The van der Waals surface area contributed by atoms with Crippen molar-refractivity contribution in [3.8, 4) is 5.75 Å². The summed E-state index contributed by atoms with van der Waals surface area (Å²) in [6, 6.07) is 21.4. The zero-order chi connectivity index (χ0) is 24.0. The second kappa shape index (κ2) is 10.3. The lowest BCUT2D eigenvalue weighted by atomic mass is 10.0. The number of sulfonamides is 1. The molecule has 0 saturated carbocycles. The van der Waals surface area contributed by atoms with Crippen LogP contribution in [0.3, 0.4) is 0 Å². The van der Waals surface area contributed by atoms with E-state index in [1.807, 2.05) is 6.07 Å². The van der Waals surface area contributed by atoms with Gasteiger partial charge in [0.05, 0.1) is 4.90 Å². The predicted molar refractivity (Wildman–Crippen MR) is 129 cm³/mol. The first-order chi connectivity index (χ1) is 16.4. The standard InChI is InChI=1S/C25H23N3O5S/c29-24(17-33-21-13-11-19(12-14-21)25(30)18-6-2-1-3-7-18)27-20-8-4-9-22(16-20)34(31,32)28-23-10-5-15-26-23/h1-4,6-9,11-14,16H,5,10,15,17H2,(H,26,28)(H,27,29). The Morgan fingerprint density at radius 3 is 2.35 bits per heavy atom. The van der Waals surface area contributed by atoms with E-state index >= 15 is 0 Å². The molecule has 8 nitrogen and oxygen atoms in total. The average molecular weight is 478 g/mol. The molecule has 0 aromatic heterocycles. The molecule has 1 aliphatic rings. The predicted octanol–water partition coefficient (Wildman–Crippen LogP) is 3.41. The summed E-state index contributed by atoms with van der Waals surface area (Å²) in [6.45, 7) is 0.331. The summed E-state index contributed by atoms with van der Waals surface area (Å²) in [5, 5.41) is 2.63. The van der Waals surface area contributed by atoms with Crippen LogP contribution >= 0.6 is 0 Å². The third-order valence-corrected chi connectivity index (χ3v) is 6.46. The van der Waals surface area contributed by atoms with Gasteiger partial charge in [-0.15, -0.1) is 0 Å². The highest BCUT2D eigenvalue weighted by atomic mass is 32.2. The monoisotopic (exact) mass is 477 g/mol. The van der Waals surface area contributed by atoms with E-state index in [4.69, 9.17) is 4.74 Å². The van der Waals surface area contributed by atoms with Gasteiger partial charge in [0, 0.05) is 29.8 Å². The number of ketones is 1. The Kier molecular flexibility index (Phi) is 7.03. The first kappa shape index (κ1) is 23.2. The molecule has 0 aliphatic carbocycles. The largest absolute Gasteiger partial charge is 0.484 e. The molecule has 174 valence electrons. The number of benzene rings is 3. The number of aliphatic imine (C=N–C) groups is 1. The molecule has 0 unspecified atom stereocenters. The molecule has 34 heavy (non-hydrogen) atoms. The first-order valence-corrected chi connectivity index (χ1v) is 12.2. The Labute approximate surface area is 197 Å². The Morgan fingerprint density at radius 1 is 0.912 bits per heavy atom. The van der Waals surface area contributed by atoms with Crippen LogP contribution in [0.5, 0.6) is 5.75 Å². The van der Waals surface area contributed by atoms with Crippen LogP contribution in [0.2, 0.25) is 0 Å². The van der Waals surface area contributed by atoms with Crippen molar-refractivity contribution in [1.82, 2.24) is 4.72 Å². The molecule has 1 aliphatic heterocycles. The minimum absolute atomic E-state index is 0.0273. The number of hydrogen-bond acceptors (Lipinski definition) is 6. The second-order valence-corrected chi connectivity index (χ2v) is 9.30. The van der Waals surface area contributed by atoms with Crippen molar-refractivity contribution in [2.24, 2.45) is 4.99 Å². The lowest BCUT2D eigenvalue weighted by Crippen LogP contribution is -2.29. The fourth-order valence-corrected chi connectivity index (χ4v) is 4.52. The summed E-state index contributed by atoms with van der Waals surface area (Å²) in [4.78, 5) is 28.9. The highest BCUT2D eigenvalue weighted by molar-refractivity contribution is 7.90. The zero-order valence-corrected chi connectivity index (χ0v) is 19.0. The number of amides is 1. The number of ether oxygens (including phenoxy) is 1. The van der Waals surface area contributed by atoms with Crippen LogP contribution in [0.1, 0.15) is 28.8 Å². The number of hydrogen-bond donors (Lipinski definition) is 2. The molecule has 0 spiro atoms. The first-order valence-electron chi connectivity index (χ1n) is 10.7. The van der Waals surface area contributed by atoms with Crippen molar-refractivity contribution in [2.75, 3.05) is 18.5 Å². The molecule has 9 heteroatoms. The van der Waals surface area contributed by atoms with Crippen molar-refractivity contribution in [1.29, 1.82) is 0 Å². The fraction of sp³-hybridized carbons (Fsp3) is 0.160. The van der Waals surface area contributed by atoms with Gasteiger partial charge in [-0.1, -0.05) is 36.4 Å². The fourth-order valence-electron chi connectivity index (χ4n) is 3.38. The number of carbonyl (C=O) groups is 2. The normalized spacial score (nSPS) is 13.1. The molecule has 1 heterocycles. The van der Waals surface area contributed by atoms with Gasteiger partial charge in [-0.2, -0.15) is 0 Å². The van der Waals surface area contributed by atoms with Gasteiger partial charge in [0.15, 0.2) is 12.4 Å². The van der Waals surface area contributed by atoms with Crippen molar-refractivity contribution in [3.63, 3.8) is 0 Å². The van der Waals surface area contributed by atoms with Gasteiger partial charge in [0.25, 0.3) is 15.9 Å². The van der Waals surface area contributed by atoms with Gasteiger partial charge >= 0.3 is 0 Å². The molecule has 0 saturated heterocycles. The maximum atomic E-state index is 12.5. The lowest BCUT2D eigenvalue weighted by Gasteiger charge is -2.11. The van der Waals surface area contributed by atoms with Crippen LogP contribution in [-0.2, 0) is 14.8 Å². The number of rotatable bonds is 8. The SMILES string of the molecule is O=C(COc1ccc(C(=O)c2ccccc2)cc1)Nc1cccc(S(=O)(=O)NC2=NCCC2)c1. The minimum atomic E-state index is -3.78. The van der Waals surface area contributed by atoms with Gasteiger partial charge in [-0.25, -0.2) is 8.42 Å². The van der Waals surface area contributed by atoms with E-state index in [1.165, 1.54) is 12.1 Å². The van der Waals surface area contributed by atoms with E-state index in [0.29, 0.717) is 41.4 Å². The molecule has 0 radical (unpaired) electrons. The Hall–Kier alpha value is -3.98. The molecular formula is C25H23N3O5S. The molecule has 1 amide bonds. The van der Waals surface area contributed by atoms with Crippen molar-refractivity contribution >= 4 is 33.2 Å². The van der Waals surface area contributed by atoms with E-state index in [9.17, 15) is 18.0 Å². The van der Waals surface area contributed by atoms with Crippen molar-refractivity contribution < 1.29 is 22.7 Å². The second-order valence-electron chi connectivity index (χ2n) is 7.62. The smallest absolute Gasteiger partial charge is 0.262 e. The Balaban J connectivity index is 1.33. The number of amidine groups is 1. The maximum Gasteiger partial charge on any atom is 0.262 e. The Bertz CT molecular complexity index is 1320. The minimum Gasteiger partial charge on any atom is -0.484 e. The highest BCUT2D eigenvalue weighted by Gasteiger charge is 2.19. The summed E-state index contributed by atoms with van der Waals surface area (Å²) < 4.78 is 33.1. The summed E-state index contributed by atoms with van der Waals surface area (Å²) >= 11 is 0. The third kappa shape index (κ3) is 5.87. The summed E-state index contributed by atoms with van der Waals surface area (Å²) in [5.74, 6) is 0.318. The highest BCUT2D eigenvalue weighted by Crippen LogP contribution is 2.18. The Morgan fingerprint density at radius 2 is 1.65 bits per heavy atom. The number of anilines is 1. The summed E-state index contributed by atoms with van der Waals surface area (Å²) in [7, 11) is -3.78. The maximum absolute atomic E-state index is 12.5. The quantitative estimate of drug-likeness (QED) is 0.483. The van der Waals surface area contributed by atoms with Crippen molar-refractivity contribution in [2.45, 2.75) is 17.7 Å². The van der Waals surface area contributed by atoms with Gasteiger partial charge in [0.1, 0.15) is 11.6 Å². The van der Waals surface area contributed by atoms with Crippen molar-refractivity contribution in [3.05, 3.63) is 90.0 Å². The van der Waals surface area contributed by atoms with E-state index < -0.39 is 15.9 Å². The molecule has 4 rings (SSSR count). The number of nitrogens with one attached hydrogen (secondary N) is 2. The zero-order valence-electron chi connectivity index (χ0n) is 18.2. The van der Waals surface area contributed by atoms with E-state index in [2.05, 4.69) is 15.0 Å². The van der Waals surface area contributed by atoms with Gasteiger partial charge in [-0.05, 0) is 48.9 Å². The molecule has 2 N–H and O–H groups in total. The van der Waals surface area contributed by atoms with Gasteiger partial charge < -0.3 is 10.1 Å². The van der Waals surface area contributed by atoms with E-state index in [-0.39, 0.29) is 17.3 Å². The van der Waals surface area contributed by atoms with Crippen LogP contribution in [0.25, 0.3) is 0 Å². The number of nitrogens with zero attached hydrogens (tertiary/aromatic N) is 1. The number of carbonyl (C=O) groups excluding carboxylic acids is 2. The van der Waals surface area contributed by atoms with Crippen LogP contribution in [0.4, 0.5) is 5.69 Å². The summed E-state index contributed by atoms with van der Waals surface area (Å²) in [6.07, 6.45) is 1.41. The van der Waals surface area contributed by atoms with Crippen LogP contribution in [0.15, 0.2) is 88.8 Å². The lowest BCUT2D eigenvalue weighted by molar-refractivity contribution is -0.118. The van der Waals surface area contributed by atoms with Gasteiger partial charge in [0.2, 0.25) is 0 Å². The van der Waals surface area contributed by atoms with Crippen LogP contribution < -0.4 is 14.8 Å². The third-order valence-electron chi connectivity index (χ3n) is 5.08. The molecular weight excluding hydrogens is 454 g/mol. The molecule has 0 bridgehead atoms. The topological polar surface area (TPSA) is 114 Å². The van der Waals surface area contributed by atoms with Crippen LogP contribution in [0, 0.1) is 0 Å². The molecule has 0 fully saturated rings. The van der Waals surface area contributed by atoms with E-state index in [0.717, 1.165) is 6.42 Å². The van der Waals surface area contributed by atoms with E-state index in [1.54, 1.807) is 60.7 Å². The molecule has 3 aromatic rings. The molecule has 0 atom stereocenters.